The second-order valence-corrected chi connectivity index (χ2v) is 3.87. The summed E-state index contributed by atoms with van der Waals surface area (Å²) < 4.78 is 4.93. The number of aldehydes is 1. The Morgan fingerprint density at radius 3 is 2.54 bits per heavy atom. The first kappa shape index (κ1) is 12.1. The largest absolute Gasteiger partial charge is 0.465 e. The molecular weight excluding hydrogens is 168 g/mol. The summed E-state index contributed by atoms with van der Waals surface area (Å²) in [5.41, 5.74) is -0.554. The highest BCUT2D eigenvalue weighted by Crippen LogP contribution is 2.11. The van der Waals surface area contributed by atoms with Crippen LogP contribution in [0.5, 0.6) is 0 Å². The number of rotatable bonds is 6. The molecule has 0 aromatic carbocycles. The Hall–Kier alpha value is -0.860. The molecule has 0 saturated carbocycles. The number of carbonyl (C=O) groups is 2. The lowest BCUT2D eigenvalue weighted by Crippen LogP contribution is -2.23. The first-order chi connectivity index (χ1) is 6.02. The molecule has 76 valence electrons. The lowest BCUT2D eigenvalue weighted by molar-refractivity contribution is -0.147. The van der Waals surface area contributed by atoms with Gasteiger partial charge in [0.05, 0.1) is 5.41 Å². The zero-order valence-corrected chi connectivity index (χ0v) is 8.63. The molecule has 3 heteroatoms. The van der Waals surface area contributed by atoms with Crippen LogP contribution in [-0.4, -0.2) is 18.9 Å². The molecule has 0 amide bonds. The molecule has 0 atom stereocenters. The quantitative estimate of drug-likeness (QED) is 0.470. The van der Waals surface area contributed by atoms with Gasteiger partial charge in [-0.1, -0.05) is 13.3 Å². The molecule has 0 aliphatic carbocycles. The maximum absolute atomic E-state index is 11.0. The molecule has 13 heavy (non-hydrogen) atoms. The van der Waals surface area contributed by atoms with E-state index in [1.165, 1.54) is 0 Å². The third kappa shape index (κ3) is 6.31. The van der Waals surface area contributed by atoms with Gasteiger partial charge in [-0.15, -0.1) is 0 Å². The van der Waals surface area contributed by atoms with Gasteiger partial charge in [0, 0.05) is 6.42 Å². The maximum atomic E-state index is 11.0. The molecule has 0 radical (unpaired) electrons. The van der Waals surface area contributed by atoms with Gasteiger partial charge in [-0.25, -0.2) is 0 Å². The first-order valence-electron chi connectivity index (χ1n) is 4.64. The molecule has 0 aromatic rings. The minimum atomic E-state index is -0.554. The van der Waals surface area contributed by atoms with Crippen LogP contribution in [0.4, 0.5) is 0 Å². The van der Waals surface area contributed by atoms with Gasteiger partial charge in [0.2, 0.25) is 0 Å². The van der Waals surface area contributed by atoms with Crippen LogP contribution in [0, 0.1) is 5.41 Å². The van der Waals surface area contributed by atoms with E-state index in [1.54, 1.807) is 13.8 Å². The molecule has 3 nitrogen and oxygen atoms in total. The molecule has 0 rings (SSSR count). The molecule has 0 spiro atoms. The molecule has 0 unspecified atom stereocenters. The van der Waals surface area contributed by atoms with E-state index >= 15 is 0 Å². The van der Waals surface area contributed by atoms with E-state index in [9.17, 15) is 9.59 Å². The number of hydrogen-bond acceptors (Lipinski definition) is 3. The molecule has 0 heterocycles. The van der Waals surface area contributed by atoms with Crippen molar-refractivity contribution >= 4 is 12.3 Å². The van der Waals surface area contributed by atoms with Crippen molar-refractivity contribution in [3.8, 4) is 0 Å². The maximum Gasteiger partial charge on any atom is 0.305 e. The molecule has 0 saturated heterocycles. The van der Waals surface area contributed by atoms with Crippen LogP contribution in [-0.2, 0) is 14.3 Å². The van der Waals surface area contributed by atoms with Crippen LogP contribution < -0.4 is 0 Å². The Morgan fingerprint density at radius 1 is 1.46 bits per heavy atom. The Labute approximate surface area is 79.5 Å². The van der Waals surface area contributed by atoms with E-state index in [1.807, 2.05) is 6.92 Å². The van der Waals surface area contributed by atoms with E-state index in [4.69, 9.17) is 4.74 Å². The standard InChI is InChI=1S/C10H18O3/c1-4-5-6-9(12)13-8-10(2,3)7-11/h7H,4-6,8H2,1-3H3. The highest BCUT2D eigenvalue weighted by Gasteiger charge is 2.18. The van der Waals surface area contributed by atoms with Crippen LogP contribution in [0.1, 0.15) is 40.0 Å². The predicted molar refractivity (Wildman–Crippen MR) is 50.3 cm³/mol. The van der Waals surface area contributed by atoms with Crippen molar-refractivity contribution in [1.29, 1.82) is 0 Å². The second kappa shape index (κ2) is 5.73. The Morgan fingerprint density at radius 2 is 2.08 bits per heavy atom. The summed E-state index contributed by atoms with van der Waals surface area (Å²) in [6, 6.07) is 0. The minimum absolute atomic E-state index is 0.180. The van der Waals surface area contributed by atoms with E-state index in [0.717, 1.165) is 19.1 Å². The fraction of sp³-hybridized carbons (Fsp3) is 0.800. The Kier molecular flexibility index (Phi) is 5.35. The zero-order chi connectivity index (χ0) is 10.3. The summed E-state index contributed by atoms with van der Waals surface area (Å²) in [6.07, 6.45) is 3.08. The number of carbonyl (C=O) groups excluding carboxylic acids is 2. The SMILES string of the molecule is CCCCC(=O)OCC(C)(C)C=O. The third-order valence-electron chi connectivity index (χ3n) is 1.66. The first-order valence-corrected chi connectivity index (χ1v) is 4.64. The van der Waals surface area contributed by atoms with Crippen molar-refractivity contribution in [1.82, 2.24) is 0 Å². The van der Waals surface area contributed by atoms with Crippen molar-refractivity contribution in [2.75, 3.05) is 6.61 Å². The van der Waals surface area contributed by atoms with Crippen molar-refractivity contribution in [2.45, 2.75) is 40.0 Å². The van der Waals surface area contributed by atoms with Gasteiger partial charge in [0.1, 0.15) is 12.9 Å². The summed E-state index contributed by atoms with van der Waals surface area (Å²) >= 11 is 0. The van der Waals surface area contributed by atoms with Gasteiger partial charge in [0.25, 0.3) is 0 Å². The number of esters is 1. The summed E-state index contributed by atoms with van der Waals surface area (Å²) in [7, 11) is 0. The highest BCUT2D eigenvalue weighted by atomic mass is 16.5. The molecule has 0 aromatic heterocycles. The van der Waals surface area contributed by atoms with Crippen LogP contribution in [0.15, 0.2) is 0 Å². The second-order valence-electron chi connectivity index (χ2n) is 3.87. The topological polar surface area (TPSA) is 43.4 Å². The van der Waals surface area contributed by atoms with Crippen LogP contribution in [0.3, 0.4) is 0 Å². The van der Waals surface area contributed by atoms with E-state index in [-0.39, 0.29) is 12.6 Å². The van der Waals surface area contributed by atoms with Crippen molar-refractivity contribution in [2.24, 2.45) is 5.41 Å². The zero-order valence-electron chi connectivity index (χ0n) is 8.63. The van der Waals surface area contributed by atoms with Gasteiger partial charge in [-0.05, 0) is 20.3 Å². The van der Waals surface area contributed by atoms with Crippen molar-refractivity contribution < 1.29 is 14.3 Å². The monoisotopic (exact) mass is 186 g/mol. The fourth-order valence-corrected chi connectivity index (χ4v) is 0.694. The smallest absolute Gasteiger partial charge is 0.305 e. The summed E-state index contributed by atoms with van der Waals surface area (Å²) in [4.78, 5) is 21.5. The van der Waals surface area contributed by atoms with Gasteiger partial charge in [-0.2, -0.15) is 0 Å². The normalized spacial score (nSPS) is 11.0. The van der Waals surface area contributed by atoms with Crippen LogP contribution in [0.25, 0.3) is 0 Å². The molecule has 0 aliphatic rings. The lowest BCUT2D eigenvalue weighted by Gasteiger charge is -2.16. The summed E-state index contributed by atoms with van der Waals surface area (Å²) in [5, 5.41) is 0. The van der Waals surface area contributed by atoms with E-state index in [2.05, 4.69) is 0 Å². The molecule has 0 aliphatic heterocycles. The Balaban J connectivity index is 3.63. The van der Waals surface area contributed by atoms with Crippen molar-refractivity contribution in [3.05, 3.63) is 0 Å². The average molecular weight is 186 g/mol. The number of hydrogen-bond donors (Lipinski definition) is 0. The fourth-order valence-electron chi connectivity index (χ4n) is 0.694. The third-order valence-corrected chi connectivity index (χ3v) is 1.66. The van der Waals surface area contributed by atoms with Gasteiger partial charge in [-0.3, -0.25) is 4.79 Å². The Bertz CT molecular complexity index is 173. The van der Waals surface area contributed by atoms with Crippen LogP contribution >= 0.6 is 0 Å². The average Bonchev–Trinajstić information content (AvgIpc) is 2.11. The summed E-state index contributed by atoms with van der Waals surface area (Å²) in [6.45, 7) is 5.68. The molecular formula is C10H18O3. The van der Waals surface area contributed by atoms with Crippen molar-refractivity contribution in [3.63, 3.8) is 0 Å². The molecule has 0 N–H and O–H groups in total. The van der Waals surface area contributed by atoms with E-state index < -0.39 is 5.41 Å². The lowest BCUT2D eigenvalue weighted by atomic mass is 9.98. The number of ether oxygens (including phenoxy) is 1. The van der Waals surface area contributed by atoms with Gasteiger partial charge >= 0.3 is 5.97 Å². The molecule has 0 fully saturated rings. The summed E-state index contributed by atoms with van der Waals surface area (Å²) in [5.74, 6) is -0.211. The predicted octanol–water partition coefficient (Wildman–Crippen LogP) is 1.94. The number of unbranched alkanes of at least 4 members (excludes halogenated alkanes) is 1. The highest BCUT2D eigenvalue weighted by molar-refractivity contribution is 5.69. The minimum Gasteiger partial charge on any atom is -0.465 e. The molecule has 0 bridgehead atoms. The van der Waals surface area contributed by atoms with E-state index in [0.29, 0.717) is 6.42 Å². The van der Waals surface area contributed by atoms with Gasteiger partial charge < -0.3 is 9.53 Å². The van der Waals surface area contributed by atoms with Gasteiger partial charge in [0.15, 0.2) is 0 Å². The van der Waals surface area contributed by atoms with Crippen LogP contribution in [0.2, 0.25) is 0 Å².